The predicted molar refractivity (Wildman–Crippen MR) is 103 cm³/mol. The van der Waals surface area contributed by atoms with Crippen LogP contribution < -0.4 is 5.32 Å². The summed E-state index contributed by atoms with van der Waals surface area (Å²) in [5.74, 6) is -0.320. The molecule has 2 N–H and O–H groups in total. The number of aromatic nitrogens is 1. The third kappa shape index (κ3) is 3.19. The standard InChI is InChI=1S/C21H18FN3/c1-3-14-6-8-16(11-19(14)22)21-18(5-4-10-25-21)15-7-9-17(13-23)20(12-15)24-2/h3-13,23-24H,1H2,2H3. The smallest absolute Gasteiger partial charge is 0.131 e. The Balaban J connectivity index is 2.15. The summed E-state index contributed by atoms with van der Waals surface area (Å²) in [4.78, 5) is 4.46. The minimum Gasteiger partial charge on any atom is -0.388 e. The van der Waals surface area contributed by atoms with E-state index in [9.17, 15) is 4.39 Å². The molecule has 0 radical (unpaired) electrons. The van der Waals surface area contributed by atoms with Gasteiger partial charge in [0.25, 0.3) is 0 Å². The highest BCUT2D eigenvalue weighted by atomic mass is 19.1. The number of hydrogen-bond acceptors (Lipinski definition) is 3. The van der Waals surface area contributed by atoms with Gasteiger partial charge in [0, 0.05) is 47.4 Å². The fourth-order valence-corrected chi connectivity index (χ4v) is 2.77. The average molecular weight is 331 g/mol. The van der Waals surface area contributed by atoms with E-state index in [0.717, 1.165) is 22.4 Å². The molecular formula is C21H18FN3. The summed E-state index contributed by atoms with van der Waals surface area (Å²) < 4.78 is 14.2. The van der Waals surface area contributed by atoms with Crippen LogP contribution in [0.1, 0.15) is 11.1 Å². The molecular weight excluding hydrogens is 313 g/mol. The number of anilines is 1. The molecule has 0 saturated heterocycles. The molecule has 3 aromatic rings. The second-order valence-electron chi connectivity index (χ2n) is 5.54. The molecule has 3 rings (SSSR count). The van der Waals surface area contributed by atoms with Gasteiger partial charge in [-0.15, -0.1) is 0 Å². The van der Waals surface area contributed by atoms with Crippen LogP contribution in [0.25, 0.3) is 28.5 Å². The van der Waals surface area contributed by atoms with E-state index < -0.39 is 0 Å². The van der Waals surface area contributed by atoms with Crippen molar-refractivity contribution in [2.24, 2.45) is 0 Å². The van der Waals surface area contributed by atoms with Gasteiger partial charge in [-0.1, -0.05) is 43.0 Å². The largest absolute Gasteiger partial charge is 0.388 e. The Morgan fingerprint density at radius 1 is 1.08 bits per heavy atom. The quantitative estimate of drug-likeness (QED) is 0.628. The molecule has 0 bridgehead atoms. The Morgan fingerprint density at radius 2 is 1.84 bits per heavy atom. The normalized spacial score (nSPS) is 10.3. The molecule has 0 saturated carbocycles. The fourth-order valence-electron chi connectivity index (χ4n) is 2.77. The van der Waals surface area contributed by atoms with E-state index in [0.29, 0.717) is 16.8 Å². The number of rotatable bonds is 5. The fraction of sp³-hybridized carbons (Fsp3) is 0.0476. The van der Waals surface area contributed by atoms with E-state index in [1.165, 1.54) is 18.4 Å². The lowest BCUT2D eigenvalue weighted by molar-refractivity contribution is 0.625. The van der Waals surface area contributed by atoms with Crippen molar-refractivity contribution in [3.05, 3.63) is 78.3 Å². The van der Waals surface area contributed by atoms with Gasteiger partial charge in [-0.3, -0.25) is 4.98 Å². The molecule has 1 aromatic heterocycles. The Kier molecular flexibility index (Phi) is 4.70. The van der Waals surface area contributed by atoms with Gasteiger partial charge in [0.1, 0.15) is 5.82 Å². The molecule has 0 unspecified atom stereocenters. The summed E-state index contributed by atoms with van der Waals surface area (Å²) >= 11 is 0. The summed E-state index contributed by atoms with van der Waals surface area (Å²) in [6.07, 6.45) is 4.50. The lowest BCUT2D eigenvalue weighted by Crippen LogP contribution is -1.96. The molecule has 0 aliphatic carbocycles. The third-order valence-electron chi connectivity index (χ3n) is 4.09. The molecule has 0 aliphatic rings. The van der Waals surface area contributed by atoms with Crippen LogP contribution in [-0.4, -0.2) is 18.2 Å². The van der Waals surface area contributed by atoms with Crippen LogP contribution in [-0.2, 0) is 0 Å². The van der Waals surface area contributed by atoms with Gasteiger partial charge in [0.2, 0.25) is 0 Å². The van der Waals surface area contributed by atoms with Gasteiger partial charge in [0.05, 0.1) is 5.69 Å². The van der Waals surface area contributed by atoms with Gasteiger partial charge in [0.15, 0.2) is 0 Å². The zero-order valence-electron chi connectivity index (χ0n) is 13.9. The second kappa shape index (κ2) is 7.09. The first kappa shape index (κ1) is 16.6. The molecule has 1 heterocycles. The van der Waals surface area contributed by atoms with Crippen molar-refractivity contribution >= 4 is 18.0 Å². The summed E-state index contributed by atoms with van der Waals surface area (Å²) in [5.41, 5.74) is 5.40. The van der Waals surface area contributed by atoms with E-state index in [1.54, 1.807) is 12.3 Å². The zero-order chi connectivity index (χ0) is 17.8. The molecule has 3 nitrogen and oxygen atoms in total. The van der Waals surface area contributed by atoms with Crippen molar-refractivity contribution in [3.63, 3.8) is 0 Å². The maximum Gasteiger partial charge on any atom is 0.131 e. The van der Waals surface area contributed by atoms with Crippen molar-refractivity contribution in [1.82, 2.24) is 4.98 Å². The van der Waals surface area contributed by atoms with Crippen molar-refractivity contribution < 1.29 is 4.39 Å². The number of halogens is 1. The highest BCUT2D eigenvalue weighted by Crippen LogP contribution is 2.33. The molecule has 25 heavy (non-hydrogen) atoms. The Labute approximate surface area is 146 Å². The lowest BCUT2D eigenvalue weighted by atomic mass is 9.97. The highest BCUT2D eigenvalue weighted by molar-refractivity contribution is 5.90. The van der Waals surface area contributed by atoms with Gasteiger partial charge >= 0.3 is 0 Å². The van der Waals surface area contributed by atoms with Crippen molar-refractivity contribution in [2.75, 3.05) is 12.4 Å². The monoisotopic (exact) mass is 331 g/mol. The zero-order valence-corrected chi connectivity index (χ0v) is 13.9. The van der Waals surface area contributed by atoms with Crippen LogP contribution in [0.3, 0.4) is 0 Å². The van der Waals surface area contributed by atoms with Gasteiger partial charge in [-0.05, 0) is 23.8 Å². The van der Waals surface area contributed by atoms with Crippen molar-refractivity contribution in [1.29, 1.82) is 5.41 Å². The summed E-state index contributed by atoms with van der Waals surface area (Å²) in [6, 6.07) is 14.6. The van der Waals surface area contributed by atoms with Crippen molar-refractivity contribution in [2.45, 2.75) is 0 Å². The molecule has 124 valence electrons. The van der Waals surface area contributed by atoms with Gasteiger partial charge in [-0.25, -0.2) is 4.39 Å². The van der Waals surface area contributed by atoms with E-state index in [1.807, 2.05) is 43.4 Å². The maximum absolute atomic E-state index is 14.2. The second-order valence-corrected chi connectivity index (χ2v) is 5.54. The van der Waals surface area contributed by atoms with Crippen LogP contribution in [0, 0.1) is 11.2 Å². The topological polar surface area (TPSA) is 48.8 Å². The minimum absolute atomic E-state index is 0.320. The molecule has 0 amide bonds. The van der Waals surface area contributed by atoms with Crippen LogP contribution in [0.5, 0.6) is 0 Å². The molecule has 4 heteroatoms. The first-order chi connectivity index (χ1) is 12.2. The van der Waals surface area contributed by atoms with E-state index in [-0.39, 0.29) is 5.82 Å². The summed E-state index contributed by atoms with van der Waals surface area (Å²) in [7, 11) is 1.82. The number of nitrogens with zero attached hydrogens (tertiary/aromatic N) is 1. The SMILES string of the molecule is C=Cc1ccc(-c2ncccc2-c2ccc(C=N)c(NC)c2)cc1F. The molecule has 0 aliphatic heterocycles. The molecule has 0 fully saturated rings. The van der Waals surface area contributed by atoms with Crippen LogP contribution in [0.2, 0.25) is 0 Å². The molecule has 0 atom stereocenters. The lowest BCUT2D eigenvalue weighted by Gasteiger charge is -2.12. The number of pyridine rings is 1. The van der Waals surface area contributed by atoms with Gasteiger partial charge < -0.3 is 10.7 Å². The number of benzene rings is 2. The third-order valence-corrected chi connectivity index (χ3v) is 4.09. The van der Waals surface area contributed by atoms with Crippen LogP contribution in [0.4, 0.5) is 10.1 Å². The maximum atomic E-state index is 14.2. The predicted octanol–water partition coefficient (Wildman–Crippen LogP) is 5.24. The Morgan fingerprint density at radius 3 is 2.52 bits per heavy atom. The van der Waals surface area contributed by atoms with Gasteiger partial charge in [-0.2, -0.15) is 0 Å². The van der Waals surface area contributed by atoms with E-state index >= 15 is 0 Å². The van der Waals surface area contributed by atoms with E-state index in [2.05, 4.69) is 16.9 Å². The van der Waals surface area contributed by atoms with E-state index in [4.69, 9.17) is 5.41 Å². The average Bonchev–Trinajstić information content (AvgIpc) is 2.67. The summed E-state index contributed by atoms with van der Waals surface area (Å²) in [6.45, 7) is 3.61. The molecule has 2 aromatic carbocycles. The number of nitrogens with one attached hydrogen (secondary N) is 2. The Hall–Kier alpha value is -3.27. The minimum atomic E-state index is -0.320. The van der Waals surface area contributed by atoms with Crippen LogP contribution >= 0.6 is 0 Å². The Bertz CT molecular complexity index is 948. The highest BCUT2D eigenvalue weighted by Gasteiger charge is 2.12. The van der Waals surface area contributed by atoms with Crippen LogP contribution in [0.15, 0.2) is 61.3 Å². The van der Waals surface area contributed by atoms with Crippen molar-refractivity contribution in [3.8, 4) is 22.4 Å². The molecule has 0 spiro atoms. The number of hydrogen-bond donors (Lipinski definition) is 2. The summed E-state index contributed by atoms with van der Waals surface area (Å²) in [5, 5.41) is 10.6. The first-order valence-electron chi connectivity index (χ1n) is 7.88. The first-order valence-corrected chi connectivity index (χ1v) is 7.88.